The molecule has 3 unspecified atom stereocenters. The van der Waals surface area contributed by atoms with Crippen LogP contribution in [0.1, 0.15) is 73.6 Å². The van der Waals surface area contributed by atoms with Crippen molar-refractivity contribution in [1.82, 2.24) is 9.80 Å². The summed E-state index contributed by atoms with van der Waals surface area (Å²) in [6.45, 7) is 22.2. The number of anilines is 1. The molecular formula is C37H54BrN3O5S. The van der Waals surface area contributed by atoms with Gasteiger partial charge in [-0.05, 0) is 82.6 Å². The van der Waals surface area contributed by atoms with Gasteiger partial charge in [-0.2, -0.15) is 0 Å². The molecule has 3 aliphatic rings. The van der Waals surface area contributed by atoms with E-state index in [9.17, 15) is 14.7 Å². The molecule has 4 rings (SSSR count). The van der Waals surface area contributed by atoms with Gasteiger partial charge in [0.05, 0.1) is 23.2 Å². The summed E-state index contributed by atoms with van der Waals surface area (Å²) in [6.07, 6.45) is 6.91. The van der Waals surface area contributed by atoms with Gasteiger partial charge in [0.15, 0.2) is 0 Å². The summed E-state index contributed by atoms with van der Waals surface area (Å²) in [5.41, 5.74) is 0.183. The minimum atomic E-state index is -0.750. The Morgan fingerprint density at radius 2 is 1.74 bits per heavy atom. The van der Waals surface area contributed by atoms with Gasteiger partial charge in [0, 0.05) is 47.5 Å². The van der Waals surface area contributed by atoms with Crippen molar-refractivity contribution in [2.75, 3.05) is 37.7 Å². The van der Waals surface area contributed by atoms with Gasteiger partial charge >= 0.3 is 0 Å². The number of aliphatic hydroxyl groups is 1. The lowest BCUT2D eigenvalue weighted by Gasteiger charge is -2.46. The van der Waals surface area contributed by atoms with E-state index in [0.29, 0.717) is 51.2 Å². The summed E-state index contributed by atoms with van der Waals surface area (Å²) in [6, 6.07) is 6.73. The van der Waals surface area contributed by atoms with Crippen molar-refractivity contribution in [3.8, 4) is 5.75 Å². The number of likely N-dealkylation sites (tertiary alicyclic amines) is 1. The standard InChI is InChI=1S/C37H54BrN3O5S/c1-9-19-39(25-15-17-26(18-16-25)46-11-3)32(43)28-29-33(44)40(21-13-12-14-22-42)31(37(29)23-27(38)30(28)47-37)34(45)41(20-10-2)36(7,8)24-35(4,5)6/h9-10,15-18,27-31,42H,1-2,11-14,19-24H2,3-8H3/t27?,28-,29-,30-,31?,37?/m0/s1. The van der Waals surface area contributed by atoms with Crippen molar-refractivity contribution in [2.45, 2.75) is 100 Å². The van der Waals surface area contributed by atoms with Gasteiger partial charge in [0.2, 0.25) is 17.7 Å². The van der Waals surface area contributed by atoms with E-state index in [1.165, 1.54) is 0 Å². The lowest BCUT2D eigenvalue weighted by atomic mass is 9.70. The second-order valence-electron chi connectivity index (χ2n) is 14.9. The molecule has 3 aliphatic heterocycles. The predicted octanol–water partition coefficient (Wildman–Crippen LogP) is 6.46. The van der Waals surface area contributed by atoms with E-state index < -0.39 is 28.2 Å². The maximum atomic E-state index is 15.1. The largest absolute Gasteiger partial charge is 0.494 e. The minimum Gasteiger partial charge on any atom is -0.494 e. The van der Waals surface area contributed by atoms with Gasteiger partial charge in [0.1, 0.15) is 11.8 Å². The third-order valence-electron chi connectivity index (χ3n) is 9.67. The zero-order valence-corrected chi connectivity index (χ0v) is 31.4. The van der Waals surface area contributed by atoms with Crippen LogP contribution in [0.15, 0.2) is 49.6 Å². The van der Waals surface area contributed by atoms with Crippen molar-refractivity contribution < 1.29 is 24.2 Å². The molecule has 8 nitrogen and oxygen atoms in total. The smallest absolute Gasteiger partial charge is 0.247 e. The first-order valence-electron chi connectivity index (χ1n) is 17.0. The lowest BCUT2D eigenvalue weighted by molar-refractivity contribution is -0.146. The second-order valence-corrected chi connectivity index (χ2v) is 17.6. The number of rotatable bonds is 16. The monoisotopic (exact) mass is 731 g/mol. The molecule has 260 valence electrons. The third kappa shape index (κ3) is 7.49. The number of aliphatic hydroxyl groups excluding tert-OH is 1. The quantitative estimate of drug-likeness (QED) is 0.119. The molecule has 47 heavy (non-hydrogen) atoms. The van der Waals surface area contributed by atoms with E-state index in [1.54, 1.807) is 33.7 Å². The minimum absolute atomic E-state index is 0.0310. The van der Waals surface area contributed by atoms with Gasteiger partial charge in [-0.15, -0.1) is 24.9 Å². The van der Waals surface area contributed by atoms with Crippen molar-refractivity contribution in [2.24, 2.45) is 17.3 Å². The van der Waals surface area contributed by atoms with Crippen molar-refractivity contribution in [1.29, 1.82) is 0 Å². The second kappa shape index (κ2) is 15.1. The van der Waals surface area contributed by atoms with Crippen LogP contribution in [-0.2, 0) is 14.4 Å². The van der Waals surface area contributed by atoms with E-state index in [1.807, 2.05) is 36.1 Å². The fourth-order valence-corrected chi connectivity index (χ4v) is 11.9. The lowest BCUT2D eigenvalue weighted by Crippen LogP contribution is -2.60. The summed E-state index contributed by atoms with van der Waals surface area (Å²) in [4.78, 5) is 49.9. The van der Waals surface area contributed by atoms with Crippen LogP contribution in [0.3, 0.4) is 0 Å². The van der Waals surface area contributed by atoms with Gasteiger partial charge in [-0.3, -0.25) is 14.4 Å². The fraction of sp³-hybridized carbons (Fsp3) is 0.649. The van der Waals surface area contributed by atoms with Crippen LogP contribution in [-0.4, -0.2) is 91.9 Å². The number of amides is 3. The van der Waals surface area contributed by atoms with Gasteiger partial charge in [0.25, 0.3) is 0 Å². The maximum absolute atomic E-state index is 15.1. The van der Waals surface area contributed by atoms with Gasteiger partial charge in [-0.1, -0.05) is 48.9 Å². The summed E-state index contributed by atoms with van der Waals surface area (Å²) in [5, 5.41) is 9.26. The van der Waals surface area contributed by atoms with E-state index in [-0.39, 0.29) is 39.8 Å². The molecule has 1 spiro atoms. The highest BCUT2D eigenvalue weighted by Gasteiger charge is 2.76. The van der Waals surface area contributed by atoms with Crippen molar-refractivity contribution in [3.63, 3.8) is 0 Å². The molecule has 3 amide bonds. The number of benzene rings is 1. The Morgan fingerprint density at radius 3 is 2.32 bits per heavy atom. The molecular weight excluding hydrogens is 678 g/mol. The molecule has 1 N–H and O–H groups in total. The number of ether oxygens (including phenoxy) is 1. The fourth-order valence-electron chi connectivity index (χ4n) is 8.33. The number of hydrogen-bond donors (Lipinski definition) is 1. The first-order valence-corrected chi connectivity index (χ1v) is 18.8. The predicted molar refractivity (Wildman–Crippen MR) is 195 cm³/mol. The highest BCUT2D eigenvalue weighted by atomic mass is 79.9. The molecule has 1 aromatic rings. The van der Waals surface area contributed by atoms with Crippen LogP contribution < -0.4 is 9.64 Å². The molecule has 3 saturated heterocycles. The number of carbonyl (C=O) groups excluding carboxylic acids is 3. The number of carbonyl (C=O) groups is 3. The van der Waals surface area contributed by atoms with Crippen LogP contribution in [0, 0.1) is 17.3 Å². The average Bonchev–Trinajstić information content (AvgIpc) is 3.58. The van der Waals surface area contributed by atoms with E-state index in [4.69, 9.17) is 4.74 Å². The molecule has 0 aromatic heterocycles. The molecule has 2 bridgehead atoms. The van der Waals surface area contributed by atoms with E-state index in [0.717, 1.165) is 18.6 Å². The number of unbranched alkanes of at least 4 members (excludes halogenated alkanes) is 2. The number of nitrogens with zero attached hydrogens (tertiary/aromatic N) is 3. The number of thioether (sulfide) groups is 1. The molecule has 6 atom stereocenters. The Balaban J connectivity index is 1.77. The Kier molecular flexibility index (Phi) is 12.0. The maximum Gasteiger partial charge on any atom is 0.247 e. The van der Waals surface area contributed by atoms with Crippen LogP contribution in [0.25, 0.3) is 0 Å². The Morgan fingerprint density at radius 1 is 1.09 bits per heavy atom. The van der Waals surface area contributed by atoms with E-state index in [2.05, 4.69) is 63.7 Å². The molecule has 0 saturated carbocycles. The summed E-state index contributed by atoms with van der Waals surface area (Å²) < 4.78 is 4.88. The van der Waals surface area contributed by atoms with Crippen molar-refractivity contribution in [3.05, 3.63) is 49.6 Å². The van der Waals surface area contributed by atoms with Crippen LogP contribution >= 0.6 is 27.7 Å². The number of hydrogen-bond acceptors (Lipinski definition) is 6. The Labute approximate surface area is 294 Å². The zero-order valence-electron chi connectivity index (χ0n) is 29.0. The third-order valence-corrected chi connectivity index (χ3v) is 12.9. The molecule has 1 aromatic carbocycles. The van der Waals surface area contributed by atoms with Crippen molar-refractivity contribution >= 4 is 51.1 Å². The summed E-state index contributed by atoms with van der Waals surface area (Å²) >= 11 is 5.58. The van der Waals surface area contributed by atoms with Gasteiger partial charge in [-0.25, -0.2) is 0 Å². The molecule has 0 aliphatic carbocycles. The highest BCUT2D eigenvalue weighted by Crippen LogP contribution is 2.68. The van der Waals surface area contributed by atoms with E-state index >= 15 is 4.79 Å². The molecule has 0 radical (unpaired) electrons. The molecule has 3 heterocycles. The first kappa shape index (κ1) is 37.5. The summed E-state index contributed by atoms with van der Waals surface area (Å²) in [5.74, 6) is -0.826. The number of fused-ring (bicyclic) bond motifs is 1. The van der Waals surface area contributed by atoms with Crippen LogP contribution in [0.5, 0.6) is 5.75 Å². The molecule has 10 heteroatoms. The zero-order chi connectivity index (χ0) is 34.7. The normalized spacial score (nSPS) is 26.7. The van der Waals surface area contributed by atoms with Gasteiger partial charge < -0.3 is 24.5 Å². The topological polar surface area (TPSA) is 90.4 Å². The number of alkyl halides is 1. The van der Waals surface area contributed by atoms with Crippen LogP contribution in [0.4, 0.5) is 5.69 Å². The average molecular weight is 733 g/mol. The Hall–Kier alpha value is -2.30. The summed E-state index contributed by atoms with van der Waals surface area (Å²) in [7, 11) is 0. The van der Waals surface area contributed by atoms with Crippen LogP contribution in [0.2, 0.25) is 0 Å². The Bertz CT molecular complexity index is 1310. The number of halogens is 1. The highest BCUT2D eigenvalue weighted by molar-refractivity contribution is 9.09. The molecule has 3 fully saturated rings. The first-order chi connectivity index (χ1) is 22.2. The SMILES string of the molecule is C=CCN(C(=O)[C@H]1[C@H]2C(=O)N(CCCCCO)C(C(=O)N(CC=C)C(C)(C)CC(C)(C)C)C23CC(Br)[C@@H]1S3)c1ccc(OCC)cc1.